The largest absolute Gasteiger partial charge is 0.338 e. The van der Waals surface area contributed by atoms with Gasteiger partial charge in [-0.1, -0.05) is 40.5 Å². The van der Waals surface area contributed by atoms with Crippen LogP contribution in [0, 0.1) is 11.8 Å². The average Bonchev–Trinajstić information content (AvgIpc) is 3.21. The molecule has 1 atom stereocenters. The smallest absolute Gasteiger partial charge is 0.227 e. The molecule has 0 saturated carbocycles. The molecule has 2 amide bonds. The molecule has 0 bridgehead atoms. The summed E-state index contributed by atoms with van der Waals surface area (Å²) in [4.78, 5) is 32.6. The molecule has 0 radical (unpaired) electrons. The molecule has 0 spiro atoms. The zero-order valence-corrected chi connectivity index (χ0v) is 19.5. The monoisotopic (exact) mass is 434 g/mol. The second-order valence-corrected chi connectivity index (χ2v) is 8.27. The highest BCUT2D eigenvalue weighted by Gasteiger charge is 2.24. The Morgan fingerprint density at radius 3 is 2.22 bits per heavy atom. The van der Waals surface area contributed by atoms with E-state index in [1.165, 1.54) is 0 Å². The predicted molar refractivity (Wildman–Crippen MR) is 132 cm³/mol. The van der Waals surface area contributed by atoms with E-state index in [1.807, 2.05) is 49.4 Å². The van der Waals surface area contributed by atoms with Gasteiger partial charge < -0.3 is 15.6 Å². The number of fused-ring (bicyclic) bond motifs is 1. The van der Waals surface area contributed by atoms with Crippen molar-refractivity contribution >= 4 is 34.2 Å². The molecule has 3 N–H and O–H groups in total. The van der Waals surface area contributed by atoms with Gasteiger partial charge in [0, 0.05) is 29.3 Å². The Balaban J connectivity index is 1.74. The van der Waals surface area contributed by atoms with Crippen LogP contribution in [0.1, 0.15) is 59.8 Å². The molecule has 1 heterocycles. The third kappa shape index (κ3) is 5.55. The number of hydrogen-bond acceptors (Lipinski definition) is 3. The van der Waals surface area contributed by atoms with Gasteiger partial charge in [0.25, 0.3) is 0 Å². The molecule has 1 aromatic heterocycles. The van der Waals surface area contributed by atoms with E-state index in [-0.39, 0.29) is 17.7 Å². The summed E-state index contributed by atoms with van der Waals surface area (Å²) in [5.41, 5.74) is 4.19. The van der Waals surface area contributed by atoms with Gasteiger partial charge >= 0.3 is 0 Å². The number of nitrogens with zero attached hydrogens (tertiary/aromatic N) is 1. The molecule has 170 valence electrons. The van der Waals surface area contributed by atoms with Crippen LogP contribution in [-0.4, -0.2) is 21.8 Å². The molecule has 0 aliphatic heterocycles. The van der Waals surface area contributed by atoms with Gasteiger partial charge in [0.15, 0.2) is 0 Å². The normalized spacial score (nSPS) is 12.2. The lowest BCUT2D eigenvalue weighted by Gasteiger charge is -2.23. The Bertz CT molecular complexity index is 1050. The van der Waals surface area contributed by atoms with Crippen LogP contribution in [0.4, 0.5) is 11.4 Å². The topological polar surface area (TPSA) is 86.9 Å². The van der Waals surface area contributed by atoms with Crippen molar-refractivity contribution < 1.29 is 9.59 Å². The van der Waals surface area contributed by atoms with Crippen LogP contribution in [0.5, 0.6) is 0 Å². The maximum Gasteiger partial charge on any atom is 0.227 e. The summed E-state index contributed by atoms with van der Waals surface area (Å²) in [7, 11) is 0. The van der Waals surface area contributed by atoms with Crippen LogP contribution in [-0.2, 0) is 9.59 Å². The molecule has 0 aliphatic carbocycles. The summed E-state index contributed by atoms with van der Waals surface area (Å²) in [5.74, 6) is 1.28. The summed E-state index contributed by atoms with van der Waals surface area (Å²) in [6.45, 7) is 8.35. The summed E-state index contributed by atoms with van der Waals surface area (Å²) in [6, 6.07) is 13.4. The van der Waals surface area contributed by atoms with Gasteiger partial charge in [-0.2, -0.15) is 0 Å². The van der Waals surface area contributed by atoms with Crippen LogP contribution in [0.2, 0.25) is 0 Å². The zero-order valence-electron chi connectivity index (χ0n) is 19.5. The number of hydrogen-bond donors (Lipinski definition) is 3. The first-order valence-electron chi connectivity index (χ1n) is 11.7. The van der Waals surface area contributed by atoms with Crippen molar-refractivity contribution in [2.75, 3.05) is 10.6 Å². The quantitative estimate of drug-likeness (QED) is 0.346. The van der Waals surface area contributed by atoms with E-state index >= 15 is 0 Å². The minimum Gasteiger partial charge on any atom is -0.338 e. The lowest BCUT2D eigenvalue weighted by Crippen LogP contribution is -2.28. The van der Waals surface area contributed by atoms with E-state index < -0.39 is 0 Å². The maximum absolute atomic E-state index is 12.8. The number of H-pyrrole nitrogens is 1. The number of aromatic nitrogens is 2. The van der Waals surface area contributed by atoms with Gasteiger partial charge in [-0.25, -0.2) is 4.98 Å². The third-order valence-electron chi connectivity index (χ3n) is 6.06. The first kappa shape index (κ1) is 23.5. The molecular weight excluding hydrogens is 400 g/mol. The van der Waals surface area contributed by atoms with Crippen LogP contribution in [0.15, 0.2) is 42.5 Å². The van der Waals surface area contributed by atoms with E-state index in [9.17, 15) is 9.59 Å². The van der Waals surface area contributed by atoms with E-state index in [4.69, 9.17) is 0 Å². The minimum absolute atomic E-state index is 0.0214. The number of aromatic amines is 1. The highest BCUT2D eigenvalue weighted by atomic mass is 16.2. The third-order valence-corrected chi connectivity index (χ3v) is 6.06. The van der Waals surface area contributed by atoms with Gasteiger partial charge in [0.2, 0.25) is 11.8 Å². The lowest BCUT2D eigenvalue weighted by atomic mass is 9.85. The summed E-state index contributed by atoms with van der Waals surface area (Å²) in [5, 5.41) is 5.99. The number of rotatable bonds is 10. The molecule has 1 unspecified atom stereocenters. The first-order chi connectivity index (χ1) is 15.5. The minimum atomic E-state index is 0.0214. The molecule has 0 fully saturated rings. The Labute approximate surface area is 190 Å². The SMILES string of the molecule is CCCC(=O)Nc1ccc(-c2nc3ccc(NC(=O)C(CC)C(CC)CC)cc3[nH]2)cc1. The van der Waals surface area contributed by atoms with Crippen LogP contribution in [0.3, 0.4) is 0 Å². The number of nitrogens with one attached hydrogen (secondary N) is 3. The molecular formula is C26H34N4O2. The van der Waals surface area contributed by atoms with E-state index in [1.54, 1.807) is 0 Å². The first-order valence-corrected chi connectivity index (χ1v) is 11.7. The Morgan fingerprint density at radius 2 is 1.59 bits per heavy atom. The Hall–Kier alpha value is -3.15. The zero-order chi connectivity index (χ0) is 23.1. The molecule has 6 nitrogen and oxygen atoms in total. The Morgan fingerprint density at radius 1 is 0.906 bits per heavy atom. The van der Waals surface area contributed by atoms with Crippen molar-refractivity contribution in [3.05, 3.63) is 42.5 Å². The lowest BCUT2D eigenvalue weighted by molar-refractivity contribution is -0.121. The molecule has 2 aromatic carbocycles. The van der Waals surface area contributed by atoms with Crippen molar-refractivity contribution in [3.8, 4) is 11.4 Å². The molecule has 6 heteroatoms. The number of carbonyl (C=O) groups is 2. The number of anilines is 2. The molecule has 0 aliphatic rings. The fraction of sp³-hybridized carbons (Fsp3) is 0.423. The van der Waals surface area contributed by atoms with Gasteiger partial charge in [-0.3, -0.25) is 9.59 Å². The van der Waals surface area contributed by atoms with Crippen molar-refractivity contribution in [2.45, 2.75) is 59.8 Å². The van der Waals surface area contributed by atoms with Crippen molar-refractivity contribution in [1.29, 1.82) is 0 Å². The summed E-state index contributed by atoms with van der Waals surface area (Å²) < 4.78 is 0. The fourth-order valence-corrected chi connectivity index (χ4v) is 4.21. The summed E-state index contributed by atoms with van der Waals surface area (Å²) in [6.07, 6.45) is 4.19. The van der Waals surface area contributed by atoms with Gasteiger partial charge in [0.05, 0.1) is 11.0 Å². The molecule has 32 heavy (non-hydrogen) atoms. The van der Waals surface area contributed by atoms with Gasteiger partial charge in [-0.15, -0.1) is 0 Å². The maximum atomic E-state index is 12.8. The van der Waals surface area contributed by atoms with Gasteiger partial charge in [0.1, 0.15) is 5.82 Å². The second kappa shape index (κ2) is 10.9. The average molecular weight is 435 g/mol. The molecule has 3 rings (SSSR count). The van der Waals surface area contributed by atoms with Gasteiger partial charge in [-0.05, 0) is 61.2 Å². The molecule has 3 aromatic rings. The number of benzene rings is 2. The van der Waals surface area contributed by atoms with Crippen molar-refractivity contribution in [2.24, 2.45) is 11.8 Å². The highest BCUT2D eigenvalue weighted by Crippen LogP contribution is 2.27. The standard InChI is InChI=1S/C26H34N4O2/c1-5-9-24(31)27-19-12-10-18(11-13-19)25-29-22-15-14-20(16-23(22)30-25)28-26(32)21(8-4)17(6-2)7-3/h10-17,21H,5-9H2,1-4H3,(H,27,31)(H,28,32)(H,29,30). The van der Waals surface area contributed by atoms with Crippen LogP contribution >= 0.6 is 0 Å². The van der Waals surface area contributed by atoms with Crippen molar-refractivity contribution in [3.63, 3.8) is 0 Å². The second-order valence-electron chi connectivity index (χ2n) is 8.27. The van der Waals surface area contributed by atoms with E-state index in [0.29, 0.717) is 12.3 Å². The van der Waals surface area contributed by atoms with Crippen LogP contribution in [0.25, 0.3) is 22.4 Å². The fourth-order valence-electron chi connectivity index (χ4n) is 4.21. The highest BCUT2D eigenvalue weighted by molar-refractivity contribution is 5.95. The summed E-state index contributed by atoms with van der Waals surface area (Å²) >= 11 is 0. The van der Waals surface area contributed by atoms with Crippen molar-refractivity contribution in [1.82, 2.24) is 9.97 Å². The molecule has 0 saturated heterocycles. The van der Waals surface area contributed by atoms with E-state index in [0.717, 1.165) is 59.5 Å². The number of amides is 2. The number of imidazole rings is 1. The van der Waals surface area contributed by atoms with Crippen LogP contribution < -0.4 is 10.6 Å². The number of carbonyl (C=O) groups excluding carboxylic acids is 2. The Kier molecular flexibility index (Phi) is 8.03. The predicted octanol–water partition coefficient (Wildman–Crippen LogP) is 6.37. The van der Waals surface area contributed by atoms with E-state index in [2.05, 4.69) is 41.4 Å².